The second-order valence-corrected chi connectivity index (χ2v) is 6.34. The molecule has 1 aliphatic carbocycles. The largest absolute Gasteiger partial charge is 0.393 e. The molecule has 21 heavy (non-hydrogen) atoms. The van der Waals surface area contributed by atoms with Crippen molar-refractivity contribution >= 4 is 29.1 Å². The summed E-state index contributed by atoms with van der Waals surface area (Å²) in [5.41, 5.74) is 0.865. The summed E-state index contributed by atoms with van der Waals surface area (Å²) in [6.45, 7) is 0. The quantitative estimate of drug-likeness (QED) is 0.861. The lowest BCUT2D eigenvalue weighted by Crippen LogP contribution is -2.41. The number of rotatable bonds is 1. The molecule has 0 saturated heterocycles. The Morgan fingerprint density at radius 2 is 1.81 bits per heavy atom. The maximum atomic E-state index is 12.7. The highest BCUT2D eigenvalue weighted by atomic mass is 35.5. The first-order valence-electron chi connectivity index (χ1n) is 6.92. The van der Waals surface area contributed by atoms with Gasteiger partial charge in [0.05, 0.1) is 22.8 Å². The lowest BCUT2D eigenvalue weighted by atomic mass is 9.91. The van der Waals surface area contributed by atoms with Crippen LogP contribution in [0.4, 0.5) is 0 Å². The number of halogens is 2. The molecular weight excluding hydrogens is 311 g/mol. The molecule has 3 rings (SSSR count). The maximum Gasteiger partial charge on any atom is 0.257 e. The lowest BCUT2D eigenvalue weighted by Gasteiger charge is -2.34. The number of aliphatic hydroxyl groups is 1. The zero-order chi connectivity index (χ0) is 15.1. The number of fused-ring (bicyclic) bond motifs is 1. The third-order valence-corrected chi connectivity index (χ3v) is 4.97. The zero-order valence-electron chi connectivity index (χ0n) is 11.2. The summed E-state index contributed by atoms with van der Waals surface area (Å²) in [7, 11) is 0. The van der Waals surface area contributed by atoms with Crippen LogP contribution in [0.2, 0.25) is 10.0 Å². The fourth-order valence-corrected chi connectivity index (χ4v) is 3.78. The van der Waals surface area contributed by atoms with Crippen LogP contribution in [0.15, 0.2) is 12.1 Å². The Morgan fingerprint density at radius 3 is 2.43 bits per heavy atom. The molecule has 1 unspecified atom stereocenters. The zero-order valence-corrected chi connectivity index (χ0v) is 12.7. The van der Waals surface area contributed by atoms with E-state index >= 15 is 0 Å². The van der Waals surface area contributed by atoms with Crippen molar-refractivity contribution in [1.29, 1.82) is 5.26 Å². The van der Waals surface area contributed by atoms with Gasteiger partial charge in [0.2, 0.25) is 0 Å². The van der Waals surface area contributed by atoms with Crippen LogP contribution in [0.3, 0.4) is 0 Å². The van der Waals surface area contributed by atoms with Crippen LogP contribution >= 0.6 is 23.2 Å². The molecule has 0 bridgehead atoms. The van der Waals surface area contributed by atoms with Crippen molar-refractivity contribution in [3.8, 4) is 6.07 Å². The molecule has 1 atom stereocenters. The Kier molecular flexibility index (Phi) is 3.83. The summed E-state index contributed by atoms with van der Waals surface area (Å²) < 4.78 is 0. The number of nitrogens with zero attached hydrogens (tertiary/aromatic N) is 2. The molecule has 0 radical (unpaired) electrons. The van der Waals surface area contributed by atoms with E-state index in [1.54, 1.807) is 17.0 Å². The van der Waals surface area contributed by atoms with Crippen LogP contribution in [-0.4, -0.2) is 28.1 Å². The van der Waals surface area contributed by atoms with Crippen molar-refractivity contribution in [2.24, 2.45) is 0 Å². The summed E-state index contributed by atoms with van der Waals surface area (Å²) >= 11 is 12.3. The van der Waals surface area contributed by atoms with Crippen molar-refractivity contribution < 1.29 is 9.90 Å². The van der Waals surface area contributed by atoms with Crippen LogP contribution in [-0.2, 0) is 0 Å². The predicted molar refractivity (Wildman–Crippen MR) is 79.2 cm³/mol. The molecular formula is C15H14Cl2N2O2. The highest BCUT2D eigenvalue weighted by Crippen LogP contribution is 2.44. The van der Waals surface area contributed by atoms with Gasteiger partial charge < -0.3 is 10.0 Å². The third kappa shape index (κ3) is 2.30. The Labute approximate surface area is 132 Å². The highest BCUT2D eigenvalue weighted by Gasteiger charge is 2.44. The smallest absolute Gasteiger partial charge is 0.257 e. The molecule has 4 nitrogen and oxygen atoms in total. The van der Waals surface area contributed by atoms with Crippen LogP contribution in [0.25, 0.3) is 0 Å². The first-order chi connectivity index (χ1) is 10.0. The van der Waals surface area contributed by atoms with E-state index in [0.717, 1.165) is 0 Å². The molecule has 110 valence electrons. The fraction of sp³-hybridized carbons (Fsp3) is 0.467. The average Bonchev–Trinajstić information content (AvgIpc) is 2.78. The summed E-state index contributed by atoms with van der Waals surface area (Å²) in [6, 6.07) is 4.64. The van der Waals surface area contributed by atoms with Gasteiger partial charge in [-0.3, -0.25) is 4.79 Å². The number of benzene rings is 1. The van der Waals surface area contributed by atoms with Gasteiger partial charge in [0.1, 0.15) is 6.04 Å². The summed E-state index contributed by atoms with van der Waals surface area (Å²) in [6.07, 6.45) is 2.35. The fourth-order valence-electron chi connectivity index (χ4n) is 3.28. The number of carbonyl (C=O) groups excluding carboxylic acids is 1. The SMILES string of the molecule is N#CC1c2c(Cl)ccc(Cl)c2C(=O)N1C1CCC(O)CC1. The molecule has 1 amide bonds. The van der Waals surface area contributed by atoms with Gasteiger partial charge in [-0.25, -0.2) is 0 Å². The molecule has 1 aromatic carbocycles. The van der Waals surface area contributed by atoms with Gasteiger partial charge in [0.25, 0.3) is 5.91 Å². The Balaban J connectivity index is 2.01. The van der Waals surface area contributed by atoms with Crippen molar-refractivity contribution in [1.82, 2.24) is 4.90 Å². The van der Waals surface area contributed by atoms with E-state index in [4.69, 9.17) is 23.2 Å². The van der Waals surface area contributed by atoms with E-state index in [9.17, 15) is 15.2 Å². The van der Waals surface area contributed by atoms with Crippen LogP contribution in [0, 0.1) is 11.3 Å². The Bertz CT molecular complexity index is 633. The number of hydrogen-bond acceptors (Lipinski definition) is 3. The molecule has 6 heteroatoms. The summed E-state index contributed by atoms with van der Waals surface area (Å²) in [5.74, 6) is -0.231. The normalized spacial score (nSPS) is 28.4. The Morgan fingerprint density at radius 1 is 1.19 bits per heavy atom. The molecule has 1 heterocycles. The number of amides is 1. The second kappa shape index (κ2) is 5.49. The average molecular weight is 325 g/mol. The van der Waals surface area contributed by atoms with E-state index < -0.39 is 6.04 Å². The standard InChI is InChI=1S/C15H14Cl2N2O2/c16-10-5-6-11(17)14-13(10)12(7-18)19(15(14)21)8-1-3-9(20)4-2-8/h5-6,8-9,12,20H,1-4H2. The van der Waals surface area contributed by atoms with Crippen LogP contribution in [0.5, 0.6) is 0 Å². The lowest BCUT2D eigenvalue weighted by molar-refractivity contribution is 0.0479. The molecule has 1 aliphatic heterocycles. The van der Waals surface area contributed by atoms with Gasteiger partial charge in [-0.15, -0.1) is 0 Å². The molecule has 0 spiro atoms. The van der Waals surface area contributed by atoms with E-state index in [2.05, 4.69) is 6.07 Å². The molecule has 0 aromatic heterocycles. The van der Waals surface area contributed by atoms with E-state index in [0.29, 0.717) is 46.9 Å². The number of nitriles is 1. The van der Waals surface area contributed by atoms with Crippen LogP contribution < -0.4 is 0 Å². The van der Waals surface area contributed by atoms with Crippen molar-refractivity contribution in [3.63, 3.8) is 0 Å². The summed E-state index contributed by atoms with van der Waals surface area (Å²) in [4.78, 5) is 14.3. The summed E-state index contributed by atoms with van der Waals surface area (Å²) in [5, 5.41) is 19.8. The molecule has 1 N–H and O–H groups in total. The molecule has 1 fully saturated rings. The maximum absolute atomic E-state index is 12.7. The van der Waals surface area contributed by atoms with Gasteiger partial charge in [-0.2, -0.15) is 5.26 Å². The third-order valence-electron chi connectivity index (χ3n) is 4.32. The van der Waals surface area contributed by atoms with E-state index in [-0.39, 0.29) is 18.1 Å². The highest BCUT2D eigenvalue weighted by molar-refractivity contribution is 6.37. The van der Waals surface area contributed by atoms with Crippen molar-refractivity contribution in [3.05, 3.63) is 33.3 Å². The van der Waals surface area contributed by atoms with E-state index in [1.807, 2.05) is 0 Å². The van der Waals surface area contributed by atoms with E-state index in [1.165, 1.54) is 0 Å². The number of carbonyl (C=O) groups is 1. The van der Waals surface area contributed by atoms with Crippen molar-refractivity contribution in [2.45, 2.75) is 43.9 Å². The molecule has 1 aromatic rings. The second-order valence-electron chi connectivity index (χ2n) is 5.52. The molecule has 2 aliphatic rings. The monoisotopic (exact) mass is 324 g/mol. The van der Waals surface area contributed by atoms with Crippen molar-refractivity contribution in [2.75, 3.05) is 0 Å². The van der Waals surface area contributed by atoms with Gasteiger partial charge >= 0.3 is 0 Å². The van der Waals surface area contributed by atoms with Gasteiger partial charge in [-0.05, 0) is 37.8 Å². The van der Waals surface area contributed by atoms with Crippen LogP contribution in [0.1, 0.15) is 47.6 Å². The van der Waals surface area contributed by atoms with Gasteiger partial charge in [-0.1, -0.05) is 23.2 Å². The topological polar surface area (TPSA) is 64.3 Å². The number of aliphatic hydroxyl groups excluding tert-OH is 1. The minimum atomic E-state index is -0.695. The van der Waals surface area contributed by atoms with Gasteiger partial charge in [0.15, 0.2) is 0 Å². The number of hydrogen-bond donors (Lipinski definition) is 1. The minimum Gasteiger partial charge on any atom is -0.393 e. The first kappa shape index (κ1) is 14.6. The first-order valence-corrected chi connectivity index (χ1v) is 7.68. The molecule has 1 saturated carbocycles. The predicted octanol–water partition coefficient (Wildman–Crippen LogP) is 3.32. The Hall–Kier alpha value is -1.28. The minimum absolute atomic E-state index is 0.0508. The van der Waals surface area contributed by atoms with Gasteiger partial charge in [0, 0.05) is 16.6 Å².